The molecule has 1 aliphatic rings. The van der Waals surface area contributed by atoms with Crippen LogP contribution in [0.15, 0.2) is 12.1 Å². The first kappa shape index (κ1) is 14.0. The lowest BCUT2D eigenvalue weighted by Gasteiger charge is -2.18. The smallest absolute Gasteiger partial charge is 0.299 e. The Kier molecular flexibility index (Phi) is 3.87. The molecule has 0 spiro atoms. The highest BCUT2D eigenvalue weighted by Gasteiger charge is 2.39. The second-order valence-electron chi connectivity index (χ2n) is 4.65. The minimum atomic E-state index is -0.746. The van der Waals surface area contributed by atoms with Gasteiger partial charge < -0.3 is 10.2 Å². The van der Waals surface area contributed by atoms with E-state index in [-0.39, 0.29) is 28.9 Å². The molecule has 1 aliphatic heterocycles. The van der Waals surface area contributed by atoms with Crippen molar-refractivity contribution in [2.24, 2.45) is 0 Å². The van der Waals surface area contributed by atoms with Crippen molar-refractivity contribution >= 4 is 29.0 Å². The van der Waals surface area contributed by atoms with Gasteiger partial charge in [0.15, 0.2) is 0 Å². The summed E-state index contributed by atoms with van der Waals surface area (Å²) in [5.74, 6) is -2.08. The molecule has 2 rings (SSSR count). The highest BCUT2D eigenvalue weighted by molar-refractivity contribution is 6.55. The summed E-state index contributed by atoms with van der Waals surface area (Å²) in [6.07, 6.45) is 0. The fourth-order valence-electron chi connectivity index (χ4n) is 2.03. The second kappa shape index (κ2) is 5.27. The normalized spacial score (nSPS) is 14.5. The van der Waals surface area contributed by atoms with E-state index < -0.39 is 17.5 Å². The molecule has 0 aliphatic carbocycles. The second-order valence-corrected chi connectivity index (χ2v) is 5.05. The van der Waals surface area contributed by atoms with Gasteiger partial charge in [0.05, 0.1) is 16.3 Å². The summed E-state index contributed by atoms with van der Waals surface area (Å²) in [5.41, 5.74) is -0.0377. The lowest BCUT2D eigenvalue weighted by molar-refractivity contribution is -0.114. The van der Waals surface area contributed by atoms with E-state index in [1.54, 1.807) is 0 Å². The van der Waals surface area contributed by atoms with Gasteiger partial charge in [0.1, 0.15) is 5.82 Å². The lowest BCUT2D eigenvalue weighted by atomic mass is 10.1. The first-order chi connectivity index (χ1) is 8.93. The number of halogens is 2. The summed E-state index contributed by atoms with van der Waals surface area (Å²) in [6, 6.07) is 2.70. The summed E-state index contributed by atoms with van der Waals surface area (Å²) >= 11 is 5.87. The van der Waals surface area contributed by atoms with E-state index in [0.29, 0.717) is 6.54 Å². The lowest BCUT2D eigenvalue weighted by Crippen LogP contribution is -2.38. The minimum absolute atomic E-state index is 0.00643. The number of carbonyl (C=O) groups excluding carboxylic acids is 2. The molecule has 6 heteroatoms. The molecule has 0 unspecified atom stereocenters. The predicted octanol–water partition coefficient (Wildman–Crippen LogP) is 2.01. The van der Waals surface area contributed by atoms with Crippen molar-refractivity contribution in [3.63, 3.8) is 0 Å². The van der Waals surface area contributed by atoms with E-state index in [9.17, 15) is 14.0 Å². The maximum Gasteiger partial charge on any atom is 0.299 e. The summed E-state index contributed by atoms with van der Waals surface area (Å²) < 4.78 is 13.8. The maximum atomic E-state index is 13.8. The third kappa shape index (κ3) is 2.48. The van der Waals surface area contributed by atoms with Crippen LogP contribution < -0.4 is 10.2 Å². The van der Waals surface area contributed by atoms with Gasteiger partial charge in [-0.25, -0.2) is 4.39 Å². The van der Waals surface area contributed by atoms with Crippen LogP contribution in [0.2, 0.25) is 5.02 Å². The molecule has 0 radical (unpaired) electrons. The van der Waals surface area contributed by atoms with Gasteiger partial charge in [0, 0.05) is 19.1 Å². The van der Waals surface area contributed by atoms with Crippen molar-refractivity contribution in [3.8, 4) is 0 Å². The number of anilines is 1. The molecular formula is C13H14ClFN2O2. The van der Waals surface area contributed by atoms with Crippen molar-refractivity contribution in [3.05, 3.63) is 28.5 Å². The van der Waals surface area contributed by atoms with Gasteiger partial charge >= 0.3 is 0 Å². The van der Waals surface area contributed by atoms with Crippen LogP contribution in [0.1, 0.15) is 24.2 Å². The number of ketones is 1. The van der Waals surface area contributed by atoms with E-state index >= 15 is 0 Å². The third-order valence-corrected chi connectivity index (χ3v) is 3.22. The van der Waals surface area contributed by atoms with Gasteiger partial charge in [-0.2, -0.15) is 0 Å². The highest BCUT2D eigenvalue weighted by Crippen LogP contribution is 2.36. The van der Waals surface area contributed by atoms with Crippen LogP contribution in [-0.2, 0) is 4.79 Å². The Morgan fingerprint density at radius 3 is 2.68 bits per heavy atom. The monoisotopic (exact) mass is 284 g/mol. The Labute approximate surface area is 115 Å². The molecule has 0 saturated heterocycles. The number of hydrogen-bond acceptors (Lipinski definition) is 3. The van der Waals surface area contributed by atoms with Crippen LogP contribution in [-0.4, -0.2) is 30.8 Å². The van der Waals surface area contributed by atoms with E-state index in [4.69, 9.17) is 11.6 Å². The molecule has 0 atom stereocenters. The number of nitrogens with one attached hydrogen (secondary N) is 1. The van der Waals surface area contributed by atoms with Gasteiger partial charge in [-0.05, 0) is 12.1 Å². The molecule has 1 N–H and O–H groups in total. The Balaban J connectivity index is 2.31. The molecule has 0 bridgehead atoms. The first-order valence-electron chi connectivity index (χ1n) is 6.01. The van der Waals surface area contributed by atoms with Gasteiger partial charge in [-0.1, -0.05) is 25.4 Å². The van der Waals surface area contributed by atoms with Crippen LogP contribution in [0.5, 0.6) is 0 Å². The topological polar surface area (TPSA) is 49.4 Å². The highest BCUT2D eigenvalue weighted by atomic mass is 35.5. The standard InChI is InChI=1S/C13H14ClFN2O2/c1-7(2)16-5-6-17-11-9(15)4-3-8(14)10(11)12(18)13(17)19/h3-4,7,16H,5-6H2,1-2H3. The molecule has 19 heavy (non-hydrogen) atoms. The number of hydrogen-bond donors (Lipinski definition) is 1. The van der Waals surface area contributed by atoms with Gasteiger partial charge in [-0.3, -0.25) is 9.59 Å². The first-order valence-corrected chi connectivity index (χ1v) is 6.39. The molecule has 0 aromatic heterocycles. The summed E-state index contributed by atoms with van der Waals surface area (Å²) in [6.45, 7) is 4.62. The van der Waals surface area contributed by atoms with Crippen LogP contribution in [0.4, 0.5) is 10.1 Å². The Morgan fingerprint density at radius 1 is 1.37 bits per heavy atom. The fraction of sp³-hybridized carbons (Fsp3) is 0.385. The molecule has 4 nitrogen and oxygen atoms in total. The van der Waals surface area contributed by atoms with Crippen LogP contribution in [0.25, 0.3) is 0 Å². The molecule has 1 aromatic carbocycles. The number of carbonyl (C=O) groups is 2. The summed E-state index contributed by atoms with van der Waals surface area (Å²) in [7, 11) is 0. The average Bonchev–Trinajstić information content (AvgIpc) is 2.59. The van der Waals surface area contributed by atoms with Gasteiger partial charge in [-0.15, -0.1) is 0 Å². The number of nitrogens with zero attached hydrogens (tertiary/aromatic N) is 1. The van der Waals surface area contributed by atoms with Gasteiger partial charge in [0.2, 0.25) is 0 Å². The number of benzene rings is 1. The number of Topliss-reactive ketones (excluding diaryl/α,β-unsaturated/α-hetero) is 1. The molecule has 1 aromatic rings. The quantitative estimate of drug-likeness (QED) is 0.861. The zero-order chi connectivity index (χ0) is 14.2. The van der Waals surface area contributed by atoms with E-state index in [1.165, 1.54) is 6.07 Å². The summed E-state index contributed by atoms with van der Waals surface area (Å²) in [4.78, 5) is 24.8. The molecule has 1 amide bonds. The van der Waals surface area contributed by atoms with Crippen molar-refractivity contribution in [2.75, 3.05) is 18.0 Å². The minimum Gasteiger partial charge on any atom is -0.313 e. The van der Waals surface area contributed by atoms with Crippen molar-refractivity contribution in [2.45, 2.75) is 19.9 Å². The fourth-order valence-corrected chi connectivity index (χ4v) is 2.27. The van der Waals surface area contributed by atoms with Crippen LogP contribution in [0.3, 0.4) is 0 Å². The molecule has 102 valence electrons. The number of amides is 1. The predicted molar refractivity (Wildman–Crippen MR) is 71.2 cm³/mol. The zero-order valence-electron chi connectivity index (χ0n) is 10.7. The van der Waals surface area contributed by atoms with E-state index in [1.807, 2.05) is 13.8 Å². The largest absolute Gasteiger partial charge is 0.313 e. The van der Waals surface area contributed by atoms with E-state index in [2.05, 4.69) is 5.32 Å². The van der Waals surface area contributed by atoms with Crippen molar-refractivity contribution < 1.29 is 14.0 Å². The van der Waals surface area contributed by atoms with Crippen molar-refractivity contribution in [1.29, 1.82) is 0 Å². The van der Waals surface area contributed by atoms with Crippen molar-refractivity contribution in [1.82, 2.24) is 5.32 Å². The van der Waals surface area contributed by atoms with Crippen LogP contribution >= 0.6 is 11.6 Å². The maximum absolute atomic E-state index is 13.8. The van der Waals surface area contributed by atoms with Crippen LogP contribution in [0, 0.1) is 5.82 Å². The molecule has 0 fully saturated rings. The number of rotatable bonds is 4. The Morgan fingerprint density at radius 2 is 2.05 bits per heavy atom. The zero-order valence-corrected chi connectivity index (χ0v) is 11.4. The molecular weight excluding hydrogens is 271 g/mol. The average molecular weight is 285 g/mol. The molecule has 0 saturated carbocycles. The number of fused-ring (bicyclic) bond motifs is 1. The Bertz CT molecular complexity index is 546. The van der Waals surface area contributed by atoms with Gasteiger partial charge in [0.25, 0.3) is 11.7 Å². The summed E-state index contributed by atoms with van der Waals surface area (Å²) in [5, 5.41) is 3.22. The van der Waals surface area contributed by atoms with E-state index in [0.717, 1.165) is 11.0 Å². The molecule has 1 heterocycles. The SMILES string of the molecule is CC(C)NCCN1C(=O)C(=O)c2c(Cl)ccc(F)c21. The Hall–Kier alpha value is -1.46. The third-order valence-electron chi connectivity index (χ3n) is 2.90.